The van der Waals surface area contributed by atoms with Crippen LogP contribution in [0.3, 0.4) is 0 Å². The highest BCUT2D eigenvalue weighted by Gasteiger charge is 2.22. The monoisotopic (exact) mass is 437 g/mol. The van der Waals surface area contributed by atoms with Crippen LogP contribution in [-0.2, 0) is 0 Å². The molecular formula is C31H19NO2. The van der Waals surface area contributed by atoms with Gasteiger partial charge in [0, 0.05) is 32.1 Å². The molecule has 0 aliphatic heterocycles. The van der Waals surface area contributed by atoms with Gasteiger partial charge in [-0.3, -0.25) is 0 Å². The van der Waals surface area contributed by atoms with E-state index in [2.05, 4.69) is 72.5 Å². The van der Waals surface area contributed by atoms with E-state index in [9.17, 15) is 0 Å². The maximum Gasteiger partial charge on any atom is 0.145 e. The van der Waals surface area contributed by atoms with Crippen molar-refractivity contribution >= 4 is 77.3 Å². The molecule has 0 spiro atoms. The van der Waals surface area contributed by atoms with Crippen LogP contribution >= 0.6 is 0 Å². The van der Waals surface area contributed by atoms with Gasteiger partial charge in [0.15, 0.2) is 0 Å². The molecular weight excluding hydrogens is 418 g/mol. The van der Waals surface area contributed by atoms with Crippen molar-refractivity contribution in [2.45, 2.75) is 6.92 Å². The summed E-state index contributed by atoms with van der Waals surface area (Å²) in [6, 6.07) is 25.3. The first-order chi connectivity index (χ1) is 16.8. The van der Waals surface area contributed by atoms with Crippen molar-refractivity contribution in [2.24, 2.45) is 0 Å². The van der Waals surface area contributed by atoms with Crippen LogP contribution < -0.4 is 5.22 Å². The second-order valence-electron chi connectivity index (χ2n) is 8.99. The smallest absolute Gasteiger partial charge is 0.145 e. The quantitative estimate of drug-likeness (QED) is 0.260. The van der Waals surface area contributed by atoms with Crippen molar-refractivity contribution in [1.29, 1.82) is 0 Å². The first-order valence-electron chi connectivity index (χ1n) is 11.5. The zero-order chi connectivity index (χ0) is 22.6. The fourth-order valence-corrected chi connectivity index (χ4v) is 5.93. The summed E-state index contributed by atoms with van der Waals surface area (Å²) in [7, 11) is 0. The van der Waals surface area contributed by atoms with Crippen LogP contribution in [-0.4, -0.2) is 4.40 Å². The third-order valence-electron chi connectivity index (χ3n) is 7.29. The van der Waals surface area contributed by atoms with Crippen molar-refractivity contribution in [1.82, 2.24) is 4.40 Å². The topological polar surface area (TPSA) is 30.7 Å². The van der Waals surface area contributed by atoms with Gasteiger partial charge < -0.3 is 13.2 Å². The molecule has 8 aromatic rings. The molecule has 4 aromatic heterocycles. The second kappa shape index (κ2) is 6.09. The number of aromatic nitrogens is 1. The Hall–Kier alpha value is -4.50. The van der Waals surface area contributed by atoms with Gasteiger partial charge in [0.25, 0.3) is 0 Å². The highest BCUT2D eigenvalue weighted by Crippen LogP contribution is 2.40. The lowest BCUT2D eigenvalue weighted by molar-refractivity contribution is 0.672. The van der Waals surface area contributed by atoms with E-state index in [1.165, 1.54) is 11.1 Å². The Morgan fingerprint density at radius 1 is 0.676 bits per heavy atom. The van der Waals surface area contributed by atoms with Crippen LogP contribution in [0.5, 0.6) is 0 Å². The van der Waals surface area contributed by atoms with Gasteiger partial charge in [-0.25, -0.2) is 0 Å². The number of hydrogen-bond acceptors (Lipinski definition) is 2. The predicted molar refractivity (Wildman–Crippen MR) is 142 cm³/mol. The molecule has 0 bridgehead atoms. The fraction of sp³-hybridized carbons (Fsp3) is 0.0323. The number of para-hydroxylation sites is 2. The maximum absolute atomic E-state index is 6.43. The number of aryl methyl sites for hydroxylation is 1. The molecule has 0 fully saturated rings. The Morgan fingerprint density at radius 3 is 1.85 bits per heavy atom. The third-order valence-corrected chi connectivity index (χ3v) is 7.29. The van der Waals surface area contributed by atoms with Crippen molar-refractivity contribution in [2.75, 3.05) is 0 Å². The van der Waals surface area contributed by atoms with E-state index in [1.54, 1.807) is 0 Å². The van der Waals surface area contributed by atoms with Crippen molar-refractivity contribution in [3.05, 3.63) is 96.2 Å². The van der Waals surface area contributed by atoms with Crippen LogP contribution in [0.4, 0.5) is 0 Å². The van der Waals surface area contributed by atoms with Crippen molar-refractivity contribution in [3.63, 3.8) is 0 Å². The van der Waals surface area contributed by atoms with Gasteiger partial charge in [0.1, 0.15) is 22.3 Å². The molecule has 4 aromatic carbocycles. The molecule has 0 N–H and O–H groups in total. The highest BCUT2D eigenvalue weighted by molar-refractivity contribution is 6.21. The summed E-state index contributed by atoms with van der Waals surface area (Å²) in [6.07, 6.45) is 3.97. The number of benzene rings is 4. The molecule has 0 atom stereocenters. The molecule has 0 unspecified atom stereocenters. The number of nitrogens with zero attached hydrogens (tertiary/aromatic N) is 1. The highest BCUT2D eigenvalue weighted by atomic mass is 16.3. The lowest BCUT2D eigenvalue weighted by atomic mass is 10.1. The van der Waals surface area contributed by atoms with Crippen LogP contribution in [0.25, 0.3) is 77.3 Å². The first-order valence-corrected chi connectivity index (χ1v) is 11.5. The van der Waals surface area contributed by atoms with E-state index in [1.807, 2.05) is 30.3 Å². The lowest BCUT2D eigenvalue weighted by Crippen LogP contribution is -1.98. The number of furan rings is 2. The number of allylic oxidation sites excluding steroid dienone is 1. The Kier molecular flexibility index (Phi) is 3.22. The largest absolute Gasteiger partial charge is 0.455 e. The van der Waals surface area contributed by atoms with Gasteiger partial charge in [-0.15, -0.1) is 0 Å². The second-order valence-corrected chi connectivity index (χ2v) is 8.99. The molecule has 0 saturated carbocycles. The van der Waals surface area contributed by atoms with Crippen molar-refractivity contribution < 1.29 is 8.83 Å². The number of fused-ring (bicyclic) bond motifs is 13. The zero-order valence-electron chi connectivity index (χ0n) is 18.6. The van der Waals surface area contributed by atoms with Gasteiger partial charge >= 0.3 is 0 Å². The molecule has 0 aliphatic carbocycles. The Labute approximate surface area is 193 Å². The summed E-state index contributed by atoms with van der Waals surface area (Å²) in [5.74, 6) is 0. The van der Waals surface area contributed by atoms with Gasteiger partial charge in [-0.2, -0.15) is 0 Å². The number of hydrogen-bond donors (Lipinski definition) is 0. The summed E-state index contributed by atoms with van der Waals surface area (Å²) in [5.41, 5.74) is 8.34. The molecule has 0 amide bonds. The Morgan fingerprint density at radius 2 is 1.24 bits per heavy atom. The lowest BCUT2D eigenvalue weighted by Gasteiger charge is -1.99. The molecule has 4 heterocycles. The van der Waals surface area contributed by atoms with E-state index >= 15 is 0 Å². The molecule has 34 heavy (non-hydrogen) atoms. The van der Waals surface area contributed by atoms with Gasteiger partial charge in [-0.05, 0) is 48.9 Å². The summed E-state index contributed by atoms with van der Waals surface area (Å²) in [6.45, 7) is 6.21. The Bertz CT molecular complexity index is 2200. The minimum Gasteiger partial charge on any atom is -0.455 e. The molecule has 8 rings (SSSR count). The van der Waals surface area contributed by atoms with Crippen molar-refractivity contribution in [3.8, 4) is 0 Å². The zero-order valence-corrected chi connectivity index (χ0v) is 18.6. The normalized spacial score (nSPS) is 13.1. The predicted octanol–water partition coefficient (Wildman–Crippen LogP) is 8.04. The van der Waals surface area contributed by atoms with Gasteiger partial charge in [-0.1, -0.05) is 55.1 Å². The standard InChI is InChI=1S/C31H19NO2/c1-3-8-22-28-24(16-14-21-19-10-5-7-12-26(19)34-31(21)28)32-23-15-13-20-18-9-4-6-11-25(18)33-30(20)27(23)17(2)29(22)32/h3-16H,1H2,2H3/b22-8-. The Balaban J connectivity index is 1.66. The average Bonchev–Trinajstić information content (AvgIpc) is 3.58. The van der Waals surface area contributed by atoms with E-state index in [0.29, 0.717) is 0 Å². The van der Waals surface area contributed by atoms with Crippen LogP contribution in [0, 0.1) is 6.92 Å². The van der Waals surface area contributed by atoms with Crippen LogP contribution in [0.15, 0.2) is 94.3 Å². The molecule has 3 nitrogen and oxygen atoms in total. The van der Waals surface area contributed by atoms with Gasteiger partial charge in [0.2, 0.25) is 0 Å². The maximum atomic E-state index is 6.43. The van der Waals surface area contributed by atoms with Crippen LogP contribution in [0.1, 0.15) is 5.56 Å². The van der Waals surface area contributed by atoms with Crippen LogP contribution in [0.2, 0.25) is 0 Å². The molecule has 3 heteroatoms. The first kappa shape index (κ1) is 18.0. The number of rotatable bonds is 1. The third kappa shape index (κ3) is 1.99. The minimum atomic E-state index is 0.908. The average molecular weight is 437 g/mol. The fourth-order valence-electron chi connectivity index (χ4n) is 5.93. The molecule has 0 saturated heterocycles. The summed E-state index contributed by atoms with van der Waals surface area (Å²) >= 11 is 0. The molecule has 0 aliphatic rings. The van der Waals surface area contributed by atoms with E-state index in [0.717, 1.165) is 70.9 Å². The summed E-state index contributed by atoms with van der Waals surface area (Å²) in [4.78, 5) is 0. The molecule has 0 radical (unpaired) electrons. The van der Waals surface area contributed by atoms with E-state index in [-0.39, 0.29) is 0 Å². The minimum absolute atomic E-state index is 0.908. The summed E-state index contributed by atoms with van der Waals surface area (Å²) < 4.78 is 15.2. The van der Waals surface area contributed by atoms with E-state index < -0.39 is 0 Å². The summed E-state index contributed by atoms with van der Waals surface area (Å²) in [5, 5.41) is 7.99. The van der Waals surface area contributed by atoms with Gasteiger partial charge in [0.05, 0.1) is 21.9 Å². The molecule has 160 valence electrons. The van der Waals surface area contributed by atoms with E-state index in [4.69, 9.17) is 8.83 Å². The SMILES string of the molecule is C=C/C=c1/c2c3oc4ccccc4c3ccc2n2c1c(C)c1c3oc4ccccc4c3ccc12.